The molecule has 0 unspecified atom stereocenters. The number of guanidine groups is 2. The molecule has 6 fully saturated rings. The highest BCUT2D eigenvalue weighted by atomic mass is 32.3. The molecule has 10 N–H and O–H groups in total. The SMILES string of the molecule is NC(N)=NCCN1CC2CCC(CC2)C1.NC(N)=NCCN1CC2CCC(CC2)C1.O=S(=O)(O)O. The summed E-state index contributed by atoms with van der Waals surface area (Å²) in [6.45, 7) is 8.58. The maximum Gasteiger partial charge on any atom is 0.394 e. The van der Waals surface area contributed by atoms with Crippen LogP contribution in [0.25, 0.3) is 0 Å². The van der Waals surface area contributed by atoms with Gasteiger partial charge in [-0.1, -0.05) is 0 Å². The Morgan fingerprint density at radius 2 is 0.857 bits per heavy atom. The Bertz CT molecular complexity index is 684. The van der Waals surface area contributed by atoms with Crippen LogP contribution in [-0.2, 0) is 10.4 Å². The fourth-order valence-electron chi connectivity index (χ4n) is 5.81. The number of fused-ring (bicyclic) bond motifs is 8. The van der Waals surface area contributed by atoms with Gasteiger partial charge in [0.1, 0.15) is 0 Å². The Balaban J connectivity index is 0.000000208. The van der Waals surface area contributed by atoms with Crippen LogP contribution in [0.15, 0.2) is 9.98 Å². The van der Waals surface area contributed by atoms with E-state index in [0.29, 0.717) is 0 Å². The third-order valence-corrected chi connectivity index (χ3v) is 7.42. The Kier molecular flexibility index (Phi) is 12.5. The first-order valence-corrected chi connectivity index (χ1v) is 14.1. The maximum absolute atomic E-state index is 8.74. The van der Waals surface area contributed by atoms with Crippen molar-refractivity contribution in [2.45, 2.75) is 51.4 Å². The monoisotopic (exact) mass is 518 g/mol. The molecule has 4 aliphatic heterocycles. The first-order valence-electron chi connectivity index (χ1n) is 12.7. The van der Waals surface area contributed by atoms with Crippen LogP contribution >= 0.6 is 0 Å². The lowest BCUT2D eigenvalue weighted by atomic mass is 9.84. The Morgan fingerprint density at radius 1 is 0.629 bits per heavy atom. The van der Waals surface area contributed by atoms with Gasteiger partial charge in [0.2, 0.25) is 0 Å². The van der Waals surface area contributed by atoms with Crippen molar-refractivity contribution in [1.82, 2.24) is 9.80 Å². The molecule has 4 heterocycles. The van der Waals surface area contributed by atoms with Gasteiger partial charge in [0, 0.05) is 39.3 Å². The highest BCUT2D eigenvalue weighted by Gasteiger charge is 2.29. The van der Waals surface area contributed by atoms with E-state index in [-0.39, 0.29) is 11.9 Å². The number of hydrogen-bond acceptors (Lipinski definition) is 6. The van der Waals surface area contributed by atoms with E-state index in [1.165, 1.54) is 77.5 Å². The van der Waals surface area contributed by atoms with Gasteiger partial charge in [0.25, 0.3) is 0 Å². The molecule has 4 saturated heterocycles. The van der Waals surface area contributed by atoms with Crippen LogP contribution in [0.3, 0.4) is 0 Å². The fourth-order valence-corrected chi connectivity index (χ4v) is 5.81. The second kappa shape index (κ2) is 14.8. The van der Waals surface area contributed by atoms with Crippen molar-refractivity contribution in [1.29, 1.82) is 0 Å². The van der Waals surface area contributed by atoms with Gasteiger partial charge in [-0.2, -0.15) is 8.42 Å². The average molecular weight is 519 g/mol. The van der Waals surface area contributed by atoms with E-state index in [1.54, 1.807) is 0 Å². The lowest BCUT2D eigenvalue weighted by Gasteiger charge is -2.21. The van der Waals surface area contributed by atoms with E-state index in [1.807, 2.05) is 0 Å². The maximum atomic E-state index is 8.74. The molecule has 0 amide bonds. The zero-order valence-corrected chi connectivity index (χ0v) is 21.7. The van der Waals surface area contributed by atoms with Crippen LogP contribution in [0.2, 0.25) is 0 Å². The van der Waals surface area contributed by atoms with Gasteiger partial charge < -0.3 is 32.7 Å². The third-order valence-electron chi connectivity index (χ3n) is 7.42. The van der Waals surface area contributed by atoms with E-state index in [9.17, 15) is 0 Å². The predicted molar refractivity (Wildman–Crippen MR) is 139 cm³/mol. The quantitative estimate of drug-likeness (QED) is 0.159. The van der Waals surface area contributed by atoms with E-state index in [4.69, 9.17) is 40.5 Å². The van der Waals surface area contributed by atoms with Gasteiger partial charge in [-0.25, -0.2) is 0 Å². The Hall–Kier alpha value is -1.67. The smallest absolute Gasteiger partial charge is 0.370 e. The normalized spacial score (nSPS) is 28.4. The minimum absolute atomic E-state index is 0.216. The third kappa shape index (κ3) is 13.9. The number of hydrogen-bond donors (Lipinski definition) is 6. The van der Waals surface area contributed by atoms with Crippen LogP contribution in [0.5, 0.6) is 0 Å². The minimum Gasteiger partial charge on any atom is -0.370 e. The zero-order chi connectivity index (χ0) is 25.8. The highest BCUT2D eigenvalue weighted by Crippen LogP contribution is 2.34. The van der Waals surface area contributed by atoms with Crippen LogP contribution in [0.4, 0.5) is 0 Å². The first-order chi connectivity index (χ1) is 16.5. The van der Waals surface area contributed by atoms with E-state index >= 15 is 0 Å². The van der Waals surface area contributed by atoms with Crippen LogP contribution in [0.1, 0.15) is 51.4 Å². The summed E-state index contributed by atoms with van der Waals surface area (Å²) in [5.74, 6) is 4.16. The summed E-state index contributed by atoms with van der Waals surface area (Å²) in [7, 11) is -4.67. The highest BCUT2D eigenvalue weighted by molar-refractivity contribution is 7.79. The van der Waals surface area contributed by atoms with Gasteiger partial charge in [-0.05, 0) is 75.0 Å². The van der Waals surface area contributed by atoms with E-state index < -0.39 is 10.4 Å². The molecule has 0 spiro atoms. The summed E-state index contributed by atoms with van der Waals surface area (Å²) < 4.78 is 31.6. The molecule has 0 aromatic heterocycles. The second-order valence-corrected chi connectivity index (χ2v) is 11.2. The van der Waals surface area contributed by atoms with Gasteiger partial charge in [-0.15, -0.1) is 0 Å². The largest absolute Gasteiger partial charge is 0.394 e. The molecule has 6 rings (SSSR count). The molecular weight excluding hydrogens is 472 g/mol. The molecule has 0 aromatic carbocycles. The molecule has 204 valence electrons. The summed E-state index contributed by atoms with van der Waals surface area (Å²) in [6.07, 6.45) is 11.5. The van der Waals surface area contributed by atoms with Crippen molar-refractivity contribution in [2.75, 3.05) is 52.4 Å². The average Bonchev–Trinajstić information content (AvgIpc) is 3.23. The molecule has 12 nitrogen and oxygen atoms in total. The van der Waals surface area contributed by atoms with Gasteiger partial charge >= 0.3 is 10.4 Å². The topological polar surface area (TPSA) is 210 Å². The molecule has 0 radical (unpaired) electrons. The molecule has 0 aromatic rings. The minimum atomic E-state index is -4.67. The molecule has 2 saturated carbocycles. The van der Waals surface area contributed by atoms with E-state index in [0.717, 1.165) is 49.9 Å². The lowest BCUT2D eigenvalue weighted by Crippen LogP contribution is -2.32. The van der Waals surface area contributed by atoms with Crippen molar-refractivity contribution in [3.05, 3.63) is 0 Å². The predicted octanol–water partition coefficient (Wildman–Crippen LogP) is 0.111. The molecule has 6 aliphatic rings. The van der Waals surface area contributed by atoms with Crippen molar-refractivity contribution >= 4 is 22.3 Å². The van der Waals surface area contributed by atoms with Crippen LogP contribution in [0, 0.1) is 23.7 Å². The lowest BCUT2D eigenvalue weighted by molar-refractivity contribution is 0.259. The van der Waals surface area contributed by atoms with Crippen molar-refractivity contribution in [3.63, 3.8) is 0 Å². The molecular formula is C22H46N8O4S. The van der Waals surface area contributed by atoms with Crippen molar-refractivity contribution in [2.24, 2.45) is 56.6 Å². The van der Waals surface area contributed by atoms with Crippen molar-refractivity contribution in [3.8, 4) is 0 Å². The number of aliphatic imine (C=N–C) groups is 2. The summed E-state index contributed by atoms with van der Waals surface area (Å²) in [5.41, 5.74) is 21.3. The van der Waals surface area contributed by atoms with Crippen LogP contribution < -0.4 is 22.9 Å². The van der Waals surface area contributed by atoms with E-state index in [2.05, 4.69) is 19.8 Å². The van der Waals surface area contributed by atoms with Crippen LogP contribution in [-0.4, -0.2) is 91.6 Å². The van der Waals surface area contributed by atoms with Gasteiger partial charge in [0.05, 0.1) is 13.1 Å². The summed E-state index contributed by atoms with van der Waals surface area (Å²) in [4.78, 5) is 13.2. The number of rotatable bonds is 6. The molecule has 0 atom stereocenters. The summed E-state index contributed by atoms with van der Waals surface area (Å²) in [6, 6.07) is 0. The standard InChI is InChI=1S/2C11H22N4.H2O4S/c2*12-11(13)14-5-6-15-7-9-1-2-10(8-15)4-3-9;1-5(2,3)4/h2*9-10H,1-8H2,(H4,12,13,14);(H2,1,2,3,4). The first kappa shape index (κ1) is 29.6. The summed E-state index contributed by atoms with van der Waals surface area (Å²) in [5, 5.41) is 0. The second-order valence-electron chi connectivity index (χ2n) is 10.4. The zero-order valence-electron chi connectivity index (χ0n) is 20.8. The fraction of sp³-hybridized carbons (Fsp3) is 0.909. The molecule has 4 bridgehead atoms. The Morgan fingerprint density at radius 3 is 1.06 bits per heavy atom. The number of nitrogens with two attached hydrogens (primary N) is 4. The molecule has 13 heteroatoms. The molecule has 2 aliphatic carbocycles. The summed E-state index contributed by atoms with van der Waals surface area (Å²) >= 11 is 0. The molecule has 35 heavy (non-hydrogen) atoms. The Labute approximate surface area is 210 Å². The van der Waals surface area contributed by atoms with Crippen molar-refractivity contribution < 1.29 is 17.5 Å². The number of nitrogens with zero attached hydrogens (tertiary/aromatic N) is 4. The van der Waals surface area contributed by atoms with Gasteiger partial charge in [-0.3, -0.25) is 19.1 Å². The van der Waals surface area contributed by atoms with Gasteiger partial charge in [0.15, 0.2) is 11.9 Å².